The molecule has 0 amide bonds. The van der Waals surface area contributed by atoms with Gasteiger partial charge < -0.3 is 19.4 Å². The first-order valence-corrected chi connectivity index (χ1v) is 12.1. The largest absolute Gasteiger partial charge is 0.486 e. The number of fused-ring (bicyclic) bond motifs is 4. The summed E-state index contributed by atoms with van der Waals surface area (Å²) in [4.78, 5) is 14.6. The monoisotopic (exact) mass is 444 g/mol. The molecule has 2 fully saturated rings. The van der Waals surface area contributed by atoms with E-state index in [1.54, 1.807) is 6.20 Å². The number of benzene rings is 1. The van der Waals surface area contributed by atoms with E-state index in [9.17, 15) is 12.8 Å². The fourth-order valence-corrected chi connectivity index (χ4v) is 5.99. The molecule has 1 saturated carbocycles. The normalized spacial score (nSPS) is 22.0. The van der Waals surface area contributed by atoms with Crippen LogP contribution in [0.25, 0.3) is 22.3 Å². The van der Waals surface area contributed by atoms with Gasteiger partial charge in [0.25, 0.3) is 0 Å². The highest BCUT2D eigenvalue weighted by atomic mass is 32.2. The van der Waals surface area contributed by atoms with Gasteiger partial charge in [0.05, 0.1) is 19.3 Å². The molecule has 0 spiro atoms. The van der Waals surface area contributed by atoms with Crippen LogP contribution in [0.2, 0.25) is 0 Å². The SMILES string of the molecule is CS(=O)(=O)C1(c2nc(-c3cc(F)cc4[nH]ccc34)nc3c2OCC2COCCN32)CC1. The maximum Gasteiger partial charge on any atom is 0.185 e. The molecule has 1 unspecified atom stereocenters. The van der Waals surface area contributed by atoms with Crippen molar-refractivity contribution in [2.45, 2.75) is 23.6 Å². The van der Waals surface area contributed by atoms with Crippen molar-refractivity contribution in [2.24, 2.45) is 0 Å². The Morgan fingerprint density at radius 2 is 2.10 bits per heavy atom. The van der Waals surface area contributed by atoms with Gasteiger partial charge in [-0.05, 0) is 31.0 Å². The van der Waals surface area contributed by atoms with Crippen LogP contribution in [0.3, 0.4) is 0 Å². The van der Waals surface area contributed by atoms with Gasteiger partial charge in [0, 0.05) is 35.5 Å². The van der Waals surface area contributed by atoms with Gasteiger partial charge in [0.1, 0.15) is 22.9 Å². The average Bonchev–Trinajstić information content (AvgIpc) is 3.45. The highest BCUT2D eigenvalue weighted by molar-refractivity contribution is 7.92. The zero-order valence-corrected chi connectivity index (χ0v) is 17.7. The topological polar surface area (TPSA) is 97.4 Å². The van der Waals surface area contributed by atoms with Crippen LogP contribution in [0.1, 0.15) is 18.5 Å². The van der Waals surface area contributed by atoms with Crippen LogP contribution in [0.5, 0.6) is 5.75 Å². The number of hydrogen-bond acceptors (Lipinski definition) is 7. The van der Waals surface area contributed by atoms with Crippen molar-refractivity contribution >= 4 is 26.6 Å². The Bertz CT molecular complexity index is 1320. The summed E-state index contributed by atoms with van der Waals surface area (Å²) in [5.41, 5.74) is 1.52. The molecule has 3 aromatic rings. The van der Waals surface area contributed by atoms with Crippen molar-refractivity contribution in [1.82, 2.24) is 15.0 Å². The number of anilines is 1. The van der Waals surface area contributed by atoms with Crippen molar-refractivity contribution in [1.29, 1.82) is 0 Å². The molecule has 3 aliphatic rings. The molecule has 1 N–H and O–H groups in total. The maximum absolute atomic E-state index is 14.4. The molecule has 10 heteroatoms. The highest BCUT2D eigenvalue weighted by Gasteiger charge is 2.58. The number of hydrogen-bond donors (Lipinski definition) is 1. The van der Waals surface area contributed by atoms with Gasteiger partial charge >= 0.3 is 0 Å². The summed E-state index contributed by atoms with van der Waals surface area (Å²) < 4.78 is 50.4. The van der Waals surface area contributed by atoms with E-state index < -0.39 is 20.4 Å². The predicted octanol–water partition coefficient (Wildman–Crippen LogP) is 2.40. The summed E-state index contributed by atoms with van der Waals surface area (Å²) >= 11 is 0. The van der Waals surface area contributed by atoms with E-state index in [0.29, 0.717) is 73.4 Å². The van der Waals surface area contributed by atoms with E-state index in [1.807, 2.05) is 6.07 Å². The lowest BCUT2D eigenvalue weighted by molar-refractivity contribution is 0.0692. The summed E-state index contributed by atoms with van der Waals surface area (Å²) in [6, 6.07) is 4.63. The fraction of sp³-hybridized carbons (Fsp3) is 0.429. The van der Waals surface area contributed by atoms with Gasteiger partial charge in [0.15, 0.2) is 27.2 Å². The highest BCUT2D eigenvalue weighted by Crippen LogP contribution is 2.56. The Hall–Kier alpha value is -2.72. The van der Waals surface area contributed by atoms with Crippen LogP contribution < -0.4 is 9.64 Å². The molecule has 8 nitrogen and oxygen atoms in total. The Balaban J connectivity index is 1.63. The number of nitrogens with one attached hydrogen (secondary N) is 1. The molecule has 0 bridgehead atoms. The van der Waals surface area contributed by atoms with Gasteiger partial charge in [-0.2, -0.15) is 0 Å². The van der Waals surface area contributed by atoms with Crippen LogP contribution in [0.4, 0.5) is 10.2 Å². The van der Waals surface area contributed by atoms with Crippen molar-refractivity contribution in [3.05, 3.63) is 35.9 Å². The smallest absolute Gasteiger partial charge is 0.185 e. The summed E-state index contributed by atoms with van der Waals surface area (Å²) in [6.07, 6.45) is 3.93. The molecule has 31 heavy (non-hydrogen) atoms. The third-order valence-electron chi connectivity index (χ3n) is 6.49. The number of ether oxygens (including phenoxy) is 2. The lowest BCUT2D eigenvalue weighted by atomic mass is 10.1. The lowest BCUT2D eigenvalue weighted by Crippen LogP contribution is -2.52. The molecule has 1 aromatic carbocycles. The molecule has 162 valence electrons. The van der Waals surface area contributed by atoms with E-state index in [-0.39, 0.29) is 6.04 Å². The predicted molar refractivity (Wildman–Crippen MR) is 112 cm³/mol. The van der Waals surface area contributed by atoms with Crippen LogP contribution in [-0.4, -0.2) is 62.0 Å². The van der Waals surface area contributed by atoms with Crippen molar-refractivity contribution in [2.75, 3.05) is 37.5 Å². The quantitative estimate of drug-likeness (QED) is 0.662. The van der Waals surface area contributed by atoms with Crippen molar-refractivity contribution in [3.8, 4) is 17.1 Å². The Kier molecular flexibility index (Phi) is 3.92. The molecule has 4 heterocycles. The summed E-state index contributed by atoms with van der Waals surface area (Å²) in [5, 5.41) is 0.770. The second-order valence-electron chi connectivity index (χ2n) is 8.44. The second kappa shape index (κ2) is 6.39. The van der Waals surface area contributed by atoms with Crippen LogP contribution in [0, 0.1) is 5.82 Å². The molecular formula is C21H21FN4O4S. The minimum atomic E-state index is -3.44. The van der Waals surface area contributed by atoms with Gasteiger partial charge in [-0.3, -0.25) is 0 Å². The third kappa shape index (κ3) is 2.77. The molecule has 1 saturated heterocycles. The minimum Gasteiger partial charge on any atom is -0.486 e. The molecule has 6 rings (SSSR count). The second-order valence-corrected chi connectivity index (χ2v) is 10.8. The van der Waals surface area contributed by atoms with Gasteiger partial charge in [-0.1, -0.05) is 0 Å². The fourth-order valence-electron chi connectivity index (χ4n) is 4.66. The molecule has 1 atom stereocenters. The lowest BCUT2D eigenvalue weighted by Gasteiger charge is -2.41. The van der Waals surface area contributed by atoms with E-state index >= 15 is 0 Å². The van der Waals surface area contributed by atoms with E-state index in [4.69, 9.17) is 19.4 Å². The summed E-state index contributed by atoms with van der Waals surface area (Å²) in [6.45, 7) is 2.05. The van der Waals surface area contributed by atoms with Crippen molar-refractivity contribution < 1.29 is 22.3 Å². The first-order chi connectivity index (χ1) is 14.9. The third-order valence-corrected chi connectivity index (χ3v) is 8.51. The van der Waals surface area contributed by atoms with E-state index in [1.165, 1.54) is 18.4 Å². The zero-order chi connectivity index (χ0) is 21.4. The van der Waals surface area contributed by atoms with Gasteiger partial charge in [-0.15, -0.1) is 0 Å². The van der Waals surface area contributed by atoms with Gasteiger partial charge in [0.2, 0.25) is 0 Å². The number of H-pyrrole nitrogens is 1. The minimum absolute atomic E-state index is 0.00924. The summed E-state index contributed by atoms with van der Waals surface area (Å²) in [7, 11) is -3.44. The van der Waals surface area contributed by atoms with Crippen LogP contribution in [-0.2, 0) is 19.3 Å². The zero-order valence-electron chi connectivity index (χ0n) is 16.9. The number of morpholine rings is 1. The van der Waals surface area contributed by atoms with Crippen LogP contribution in [0.15, 0.2) is 24.4 Å². The maximum atomic E-state index is 14.4. The Morgan fingerprint density at radius 1 is 1.26 bits per heavy atom. The number of nitrogens with zero attached hydrogens (tertiary/aromatic N) is 3. The molecule has 0 radical (unpaired) electrons. The molecule has 1 aliphatic carbocycles. The van der Waals surface area contributed by atoms with Crippen LogP contribution >= 0.6 is 0 Å². The van der Waals surface area contributed by atoms with Crippen molar-refractivity contribution in [3.63, 3.8) is 0 Å². The average molecular weight is 444 g/mol. The standard InChI is InChI=1S/C21H21FN4O4S/c1-31(27,28)21(3-4-21)18-17-20(26-6-7-29-10-13(26)11-30-17)25-19(24-18)15-8-12(22)9-16-14(15)2-5-23-16/h2,5,8-9,13,23H,3-4,6-7,10-11H2,1H3. The van der Waals surface area contributed by atoms with E-state index in [2.05, 4.69) is 9.88 Å². The van der Waals surface area contributed by atoms with E-state index in [0.717, 1.165) is 5.39 Å². The summed E-state index contributed by atoms with van der Waals surface area (Å²) in [5.74, 6) is 0.857. The van der Waals surface area contributed by atoms with Gasteiger partial charge in [-0.25, -0.2) is 22.8 Å². The number of sulfone groups is 1. The number of halogens is 1. The number of rotatable bonds is 3. The first-order valence-electron chi connectivity index (χ1n) is 10.2. The first kappa shape index (κ1) is 19.0. The number of aromatic amines is 1. The molecular weight excluding hydrogens is 423 g/mol. The molecule has 2 aliphatic heterocycles. The molecule has 2 aromatic heterocycles. The Labute approximate surface area is 178 Å². The Morgan fingerprint density at radius 3 is 2.87 bits per heavy atom. The number of aromatic nitrogens is 3.